The zero-order chi connectivity index (χ0) is 21.1. The first-order valence-electron chi connectivity index (χ1n) is 9.31. The Morgan fingerprint density at radius 2 is 1.87 bits per heavy atom. The van der Waals surface area contributed by atoms with E-state index in [0.29, 0.717) is 30.1 Å². The Bertz CT molecular complexity index is 1250. The van der Waals surface area contributed by atoms with E-state index in [2.05, 4.69) is 10.6 Å². The van der Waals surface area contributed by atoms with Crippen LogP contribution in [0.3, 0.4) is 0 Å². The predicted octanol–water partition coefficient (Wildman–Crippen LogP) is 4.80. The maximum atomic E-state index is 13.0. The van der Waals surface area contributed by atoms with Gasteiger partial charge in [0.1, 0.15) is 11.2 Å². The number of anilines is 2. The van der Waals surface area contributed by atoms with Crippen molar-refractivity contribution in [3.63, 3.8) is 0 Å². The summed E-state index contributed by atoms with van der Waals surface area (Å²) in [5.41, 5.74) is 2.55. The van der Waals surface area contributed by atoms with Crippen molar-refractivity contribution in [3.8, 4) is 0 Å². The summed E-state index contributed by atoms with van der Waals surface area (Å²) in [5, 5.41) is 18.9. The quantitative estimate of drug-likeness (QED) is 0.260. The molecular formula is C22H19N3O5. The molecule has 4 aromatic rings. The van der Waals surface area contributed by atoms with E-state index in [4.69, 9.17) is 9.15 Å². The van der Waals surface area contributed by atoms with Gasteiger partial charge >= 0.3 is 0 Å². The van der Waals surface area contributed by atoms with Crippen LogP contribution in [0.1, 0.15) is 10.4 Å². The molecule has 152 valence electrons. The molecule has 8 nitrogen and oxygen atoms in total. The molecule has 3 aromatic carbocycles. The molecule has 0 aliphatic carbocycles. The van der Waals surface area contributed by atoms with Gasteiger partial charge in [-0.15, -0.1) is 0 Å². The number of methoxy groups -OCH3 is 1. The lowest BCUT2D eigenvalue weighted by atomic mass is 10.1. The number of hydrogen-bond donors (Lipinski definition) is 2. The van der Waals surface area contributed by atoms with Crippen LogP contribution in [0.5, 0.6) is 0 Å². The van der Waals surface area contributed by atoms with Crippen molar-refractivity contribution in [2.45, 2.75) is 0 Å². The summed E-state index contributed by atoms with van der Waals surface area (Å²) in [6, 6.07) is 17.1. The van der Waals surface area contributed by atoms with Crippen LogP contribution in [0.4, 0.5) is 17.1 Å². The van der Waals surface area contributed by atoms with E-state index in [9.17, 15) is 14.9 Å². The van der Waals surface area contributed by atoms with Crippen molar-refractivity contribution < 1.29 is 18.9 Å². The third-order valence-corrected chi connectivity index (χ3v) is 4.71. The number of nitrogens with zero attached hydrogens (tertiary/aromatic N) is 1. The third-order valence-electron chi connectivity index (χ3n) is 4.71. The molecule has 1 aromatic heterocycles. The van der Waals surface area contributed by atoms with Gasteiger partial charge in [-0.25, -0.2) is 0 Å². The minimum atomic E-state index is -0.528. The van der Waals surface area contributed by atoms with Gasteiger partial charge < -0.3 is 19.8 Å². The predicted molar refractivity (Wildman–Crippen MR) is 115 cm³/mol. The molecule has 0 bridgehead atoms. The molecule has 4 rings (SSSR count). The van der Waals surface area contributed by atoms with Gasteiger partial charge in [-0.1, -0.05) is 18.2 Å². The molecule has 0 fully saturated rings. The average molecular weight is 405 g/mol. The van der Waals surface area contributed by atoms with Crippen LogP contribution >= 0.6 is 0 Å². The minimum absolute atomic E-state index is 0.159. The summed E-state index contributed by atoms with van der Waals surface area (Å²) in [7, 11) is 1.57. The van der Waals surface area contributed by atoms with Gasteiger partial charge in [-0.05, 0) is 30.3 Å². The van der Waals surface area contributed by atoms with Crippen molar-refractivity contribution >= 4 is 44.9 Å². The highest BCUT2D eigenvalue weighted by atomic mass is 16.6. The topological polar surface area (TPSA) is 107 Å². The van der Waals surface area contributed by atoms with Gasteiger partial charge in [0.25, 0.3) is 11.6 Å². The van der Waals surface area contributed by atoms with Crippen molar-refractivity contribution in [2.24, 2.45) is 0 Å². The van der Waals surface area contributed by atoms with E-state index in [1.165, 1.54) is 18.2 Å². The number of para-hydroxylation sites is 1. The average Bonchev–Trinajstić information content (AvgIpc) is 3.12. The Morgan fingerprint density at radius 1 is 1.07 bits per heavy atom. The largest absolute Gasteiger partial charge is 0.456 e. The smallest absolute Gasteiger partial charge is 0.270 e. The maximum Gasteiger partial charge on any atom is 0.270 e. The molecule has 0 aliphatic heterocycles. The summed E-state index contributed by atoms with van der Waals surface area (Å²) >= 11 is 0. The fourth-order valence-electron chi connectivity index (χ4n) is 3.28. The number of benzene rings is 3. The number of ether oxygens (including phenoxy) is 1. The summed E-state index contributed by atoms with van der Waals surface area (Å²) in [6.45, 7) is 0.893. The lowest BCUT2D eigenvalue weighted by Crippen LogP contribution is -2.16. The molecule has 0 spiro atoms. The molecule has 0 aliphatic rings. The van der Waals surface area contributed by atoms with Gasteiger partial charge in [0.2, 0.25) is 0 Å². The molecule has 2 N–H and O–H groups in total. The molecule has 0 atom stereocenters. The van der Waals surface area contributed by atoms with E-state index in [1.54, 1.807) is 19.2 Å². The fraction of sp³-hybridized carbons (Fsp3) is 0.136. The van der Waals surface area contributed by atoms with Crippen LogP contribution in [-0.2, 0) is 4.74 Å². The number of nitro groups is 1. The molecule has 0 saturated carbocycles. The molecule has 8 heteroatoms. The molecule has 1 heterocycles. The second-order valence-corrected chi connectivity index (χ2v) is 6.67. The number of nitro benzene ring substituents is 1. The zero-order valence-electron chi connectivity index (χ0n) is 16.2. The third kappa shape index (κ3) is 3.81. The van der Waals surface area contributed by atoms with Crippen molar-refractivity contribution in [1.29, 1.82) is 0 Å². The highest BCUT2D eigenvalue weighted by Crippen LogP contribution is 2.31. The highest BCUT2D eigenvalue weighted by Gasteiger charge is 2.17. The van der Waals surface area contributed by atoms with Gasteiger partial charge in [-0.3, -0.25) is 14.9 Å². The van der Waals surface area contributed by atoms with Gasteiger partial charge in [-0.2, -0.15) is 0 Å². The summed E-state index contributed by atoms with van der Waals surface area (Å²) in [6.07, 6.45) is 0. The Hall–Kier alpha value is -3.91. The monoisotopic (exact) mass is 405 g/mol. The number of furan rings is 1. The Labute approximate surface area is 171 Å². The molecule has 30 heavy (non-hydrogen) atoms. The SMILES string of the molecule is COCCNc1ccc([N+](=O)[O-])cc1C(=O)Nc1ccc2oc3ccccc3c2c1. The fourth-order valence-corrected chi connectivity index (χ4v) is 3.28. The van der Waals surface area contributed by atoms with E-state index in [-0.39, 0.29) is 11.3 Å². The summed E-state index contributed by atoms with van der Waals surface area (Å²) < 4.78 is 10.8. The number of rotatable bonds is 7. The van der Waals surface area contributed by atoms with E-state index in [0.717, 1.165) is 16.4 Å². The van der Waals surface area contributed by atoms with Crippen molar-refractivity contribution in [3.05, 3.63) is 76.3 Å². The van der Waals surface area contributed by atoms with Crippen LogP contribution in [-0.4, -0.2) is 31.1 Å². The number of carbonyl (C=O) groups excluding carboxylic acids is 1. The van der Waals surface area contributed by atoms with Crippen LogP contribution in [0.15, 0.2) is 65.1 Å². The lowest BCUT2D eigenvalue weighted by Gasteiger charge is -2.12. The van der Waals surface area contributed by atoms with Crippen LogP contribution < -0.4 is 10.6 Å². The van der Waals surface area contributed by atoms with Gasteiger partial charge in [0.05, 0.1) is 17.1 Å². The van der Waals surface area contributed by atoms with Crippen LogP contribution in [0.2, 0.25) is 0 Å². The Kier molecular flexibility index (Phi) is 5.32. The first kappa shape index (κ1) is 19.4. The highest BCUT2D eigenvalue weighted by molar-refractivity contribution is 6.11. The van der Waals surface area contributed by atoms with Crippen molar-refractivity contribution in [2.75, 3.05) is 30.9 Å². The summed E-state index contributed by atoms with van der Waals surface area (Å²) in [4.78, 5) is 23.6. The van der Waals surface area contributed by atoms with E-state index in [1.807, 2.05) is 30.3 Å². The van der Waals surface area contributed by atoms with Crippen LogP contribution in [0, 0.1) is 10.1 Å². The van der Waals surface area contributed by atoms with E-state index >= 15 is 0 Å². The molecule has 0 radical (unpaired) electrons. The Balaban J connectivity index is 1.66. The number of non-ortho nitro benzene ring substituents is 1. The first-order chi connectivity index (χ1) is 14.6. The van der Waals surface area contributed by atoms with Gasteiger partial charge in [0.15, 0.2) is 0 Å². The number of carbonyl (C=O) groups is 1. The second kappa shape index (κ2) is 8.22. The molecule has 0 unspecified atom stereocenters. The Morgan fingerprint density at radius 3 is 2.67 bits per heavy atom. The first-order valence-corrected chi connectivity index (χ1v) is 9.31. The molecule has 1 amide bonds. The summed E-state index contributed by atoms with van der Waals surface area (Å²) in [5.74, 6) is -0.453. The number of nitrogens with one attached hydrogen (secondary N) is 2. The lowest BCUT2D eigenvalue weighted by molar-refractivity contribution is -0.384. The molecule has 0 saturated heterocycles. The standard InChI is InChI=1S/C22H19N3O5/c1-29-11-10-23-19-8-7-15(25(27)28)13-18(19)22(26)24-14-6-9-21-17(12-14)16-4-2-3-5-20(16)30-21/h2-9,12-13,23H,10-11H2,1H3,(H,24,26). The van der Waals surface area contributed by atoms with E-state index < -0.39 is 10.8 Å². The maximum absolute atomic E-state index is 13.0. The number of amides is 1. The van der Waals surface area contributed by atoms with Crippen molar-refractivity contribution in [1.82, 2.24) is 0 Å². The molecular weight excluding hydrogens is 386 g/mol. The van der Waals surface area contributed by atoms with Crippen LogP contribution in [0.25, 0.3) is 21.9 Å². The minimum Gasteiger partial charge on any atom is -0.456 e. The van der Waals surface area contributed by atoms with Gasteiger partial charge in [0, 0.05) is 47.9 Å². The second-order valence-electron chi connectivity index (χ2n) is 6.67. The number of fused-ring (bicyclic) bond motifs is 3. The number of hydrogen-bond acceptors (Lipinski definition) is 6. The normalized spacial score (nSPS) is 11.0. The zero-order valence-corrected chi connectivity index (χ0v) is 16.2.